The van der Waals surface area contributed by atoms with Crippen LogP contribution in [0.15, 0.2) is 24.3 Å². The van der Waals surface area contributed by atoms with E-state index in [9.17, 15) is 10.2 Å². The van der Waals surface area contributed by atoms with E-state index in [2.05, 4.69) is 23.1 Å². The molecule has 2 heterocycles. The Balaban J connectivity index is 1.44. The van der Waals surface area contributed by atoms with E-state index in [1.807, 2.05) is 6.07 Å². The van der Waals surface area contributed by atoms with E-state index in [4.69, 9.17) is 9.47 Å². The van der Waals surface area contributed by atoms with Crippen LogP contribution in [0.3, 0.4) is 0 Å². The highest BCUT2D eigenvalue weighted by Crippen LogP contribution is 2.78. The number of aliphatic hydroxyl groups is 1. The van der Waals surface area contributed by atoms with Crippen molar-refractivity contribution in [2.75, 3.05) is 20.2 Å². The number of methoxy groups -OCH3 is 1. The minimum atomic E-state index is -0.633. The van der Waals surface area contributed by atoms with Crippen LogP contribution in [0.2, 0.25) is 0 Å². The van der Waals surface area contributed by atoms with Gasteiger partial charge in [-0.15, -0.1) is 0 Å². The SMILES string of the molecule is CO[C@]12C=C[C@@]3([C@@H]4CC[C@@H](O)[C@@H]41)[C@H]1Cc4ccc(O)c5c4[C@@]3(CCN1CC1CC1)[C@H]2O5. The molecule has 31 heavy (non-hydrogen) atoms. The summed E-state index contributed by atoms with van der Waals surface area (Å²) in [6.07, 6.45) is 10.9. The number of phenolic OH excluding ortho intramolecular Hbond substituents is 1. The number of aromatic hydroxyl groups is 1. The van der Waals surface area contributed by atoms with Crippen LogP contribution in [0.25, 0.3) is 0 Å². The average molecular weight is 422 g/mol. The quantitative estimate of drug-likeness (QED) is 0.735. The minimum Gasteiger partial charge on any atom is -0.504 e. The zero-order chi connectivity index (χ0) is 20.8. The molecule has 1 aromatic rings. The van der Waals surface area contributed by atoms with Crippen molar-refractivity contribution in [2.24, 2.45) is 23.2 Å². The summed E-state index contributed by atoms with van der Waals surface area (Å²) in [4.78, 5) is 2.80. The number of nitrogens with zero attached hydrogens (tertiary/aromatic N) is 1. The van der Waals surface area contributed by atoms with Gasteiger partial charge < -0.3 is 19.7 Å². The number of aliphatic hydroxyl groups excluding tert-OH is 1. The summed E-state index contributed by atoms with van der Waals surface area (Å²) in [5.41, 5.74) is 1.76. The van der Waals surface area contributed by atoms with Gasteiger partial charge in [0.2, 0.25) is 0 Å². The van der Waals surface area contributed by atoms with Gasteiger partial charge in [0, 0.05) is 36.6 Å². The molecule has 8 aliphatic rings. The molecule has 4 bridgehead atoms. The maximum Gasteiger partial charge on any atom is 0.165 e. The van der Waals surface area contributed by atoms with Crippen molar-refractivity contribution in [1.82, 2.24) is 4.90 Å². The minimum absolute atomic E-state index is 0.0563. The van der Waals surface area contributed by atoms with Crippen molar-refractivity contribution in [1.29, 1.82) is 0 Å². The second-order valence-electron chi connectivity index (χ2n) is 11.4. The second-order valence-corrected chi connectivity index (χ2v) is 11.4. The number of piperidine rings is 1. The number of phenols is 1. The maximum absolute atomic E-state index is 11.2. The van der Waals surface area contributed by atoms with Crippen LogP contribution in [0, 0.1) is 23.2 Å². The van der Waals surface area contributed by atoms with Gasteiger partial charge in [0.15, 0.2) is 11.5 Å². The Bertz CT molecular complexity index is 1030. The van der Waals surface area contributed by atoms with Crippen molar-refractivity contribution in [3.05, 3.63) is 35.4 Å². The molecule has 1 aromatic carbocycles. The Morgan fingerprint density at radius 3 is 2.87 bits per heavy atom. The van der Waals surface area contributed by atoms with Gasteiger partial charge in [-0.25, -0.2) is 0 Å². The number of likely N-dealkylation sites (tertiary alicyclic amines) is 1. The van der Waals surface area contributed by atoms with Gasteiger partial charge >= 0.3 is 0 Å². The fourth-order valence-electron chi connectivity index (χ4n) is 9.61. The van der Waals surface area contributed by atoms with Crippen LogP contribution >= 0.6 is 0 Å². The zero-order valence-electron chi connectivity index (χ0n) is 18.1. The molecule has 9 rings (SSSR count). The molecule has 4 fully saturated rings. The molecule has 8 atom stereocenters. The fraction of sp³-hybridized carbons (Fsp3) is 0.692. The Kier molecular flexibility index (Phi) is 3.08. The molecule has 2 aliphatic heterocycles. The molecule has 1 saturated heterocycles. The molecular formula is C26H31NO4. The molecule has 6 aliphatic carbocycles. The van der Waals surface area contributed by atoms with Crippen LogP contribution in [-0.2, 0) is 16.6 Å². The molecular weight excluding hydrogens is 390 g/mol. The first-order valence-electron chi connectivity index (χ1n) is 12.3. The summed E-state index contributed by atoms with van der Waals surface area (Å²) in [6, 6.07) is 4.40. The monoisotopic (exact) mass is 421 g/mol. The highest BCUT2D eigenvalue weighted by Gasteiger charge is 2.83. The summed E-state index contributed by atoms with van der Waals surface area (Å²) in [5, 5.41) is 22.1. The predicted molar refractivity (Wildman–Crippen MR) is 114 cm³/mol. The van der Waals surface area contributed by atoms with E-state index < -0.39 is 5.60 Å². The lowest BCUT2D eigenvalue weighted by Crippen LogP contribution is -2.82. The van der Waals surface area contributed by atoms with Gasteiger partial charge in [-0.3, -0.25) is 4.90 Å². The molecule has 3 saturated carbocycles. The second kappa shape index (κ2) is 5.32. The van der Waals surface area contributed by atoms with Crippen LogP contribution in [-0.4, -0.2) is 59.2 Å². The van der Waals surface area contributed by atoms with Crippen LogP contribution < -0.4 is 4.74 Å². The summed E-state index contributed by atoms with van der Waals surface area (Å²) in [7, 11) is 1.79. The van der Waals surface area contributed by atoms with Gasteiger partial charge in [-0.2, -0.15) is 0 Å². The number of rotatable bonds is 3. The average Bonchev–Trinajstić information content (AvgIpc) is 3.38. The van der Waals surface area contributed by atoms with Gasteiger partial charge in [0.25, 0.3) is 0 Å². The molecule has 0 aromatic heterocycles. The van der Waals surface area contributed by atoms with Gasteiger partial charge in [-0.1, -0.05) is 18.2 Å². The van der Waals surface area contributed by atoms with Crippen molar-refractivity contribution in [3.63, 3.8) is 0 Å². The Morgan fingerprint density at radius 1 is 1.19 bits per heavy atom. The van der Waals surface area contributed by atoms with E-state index in [-0.39, 0.29) is 34.7 Å². The third-order valence-corrected chi connectivity index (χ3v) is 10.7. The van der Waals surface area contributed by atoms with Gasteiger partial charge in [-0.05, 0) is 68.5 Å². The van der Waals surface area contributed by atoms with Gasteiger partial charge in [0.1, 0.15) is 11.7 Å². The fourth-order valence-corrected chi connectivity index (χ4v) is 9.61. The lowest BCUT2D eigenvalue weighted by molar-refractivity contribution is -0.248. The van der Waals surface area contributed by atoms with Gasteiger partial charge in [0.05, 0.1) is 11.5 Å². The highest BCUT2D eigenvalue weighted by molar-refractivity contribution is 5.65. The number of ether oxygens (including phenoxy) is 2. The van der Waals surface area contributed by atoms with E-state index in [0.717, 1.165) is 38.1 Å². The summed E-state index contributed by atoms with van der Waals surface area (Å²) in [5.74, 6) is 2.26. The Morgan fingerprint density at radius 2 is 2.06 bits per heavy atom. The highest BCUT2D eigenvalue weighted by atomic mass is 16.6. The summed E-state index contributed by atoms with van der Waals surface area (Å²) < 4.78 is 13.1. The maximum atomic E-state index is 11.2. The normalized spacial score (nSPS) is 50.3. The molecule has 0 radical (unpaired) electrons. The summed E-state index contributed by atoms with van der Waals surface area (Å²) >= 11 is 0. The van der Waals surface area contributed by atoms with Crippen molar-refractivity contribution in [3.8, 4) is 11.5 Å². The third kappa shape index (κ3) is 1.69. The predicted octanol–water partition coefficient (Wildman–Crippen LogP) is 2.77. The van der Waals surface area contributed by atoms with Crippen molar-refractivity contribution in [2.45, 2.75) is 67.8 Å². The smallest absolute Gasteiger partial charge is 0.165 e. The zero-order valence-corrected chi connectivity index (χ0v) is 18.1. The molecule has 0 amide bonds. The van der Waals surface area contributed by atoms with E-state index >= 15 is 0 Å². The van der Waals surface area contributed by atoms with Crippen LogP contribution in [0.5, 0.6) is 11.5 Å². The van der Waals surface area contributed by atoms with Crippen LogP contribution in [0.4, 0.5) is 0 Å². The van der Waals surface area contributed by atoms with E-state index in [0.29, 0.717) is 17.7 Å². The first kappa shape index (κ1) is 17.9. The molecule has 5 heteroatoms. The molecule has 164 valence electrons. The Labute approximate surface area is 183 Å². The number of hydrogen-bond donors (Lipinski definition) is 2. The van der Waals surface area contributed by atoms with Crippen molar-refractivity contribution < 1.29 is 19.7 Å². The standard InChI is InChI=1S/C26H31NO4/c1-30-26-9-8-24(16-5-7-17(28)21(16)26)19-12-15-4-6-18(29)22-20(15)25(24,23(26)31-22)10-11-27(19)13-14-2-3-14/h4,6,8-9,14,16-17,19,21,23,28-29H,2-3,5,7,10-13H2,1H3/t16-,17-,19-,21-,23-,24-,25+,26-/m1/s1. The van der Waals surface area contributed by atoms with Crippen LogP contribution in [0.1, 0.15) is 43.2 Å². The number of benzene rings is 1. The molecule has 2 N–H and O–H groups in total. The third-order valence-electron chi connectivity index (χ3n) is 10.7. The van der Waals surface area contributed by atoms with Crippen molar-refractivity contribution >= 4 is 0 Å². The topological polar surface area (TPSA) is 62.2 Å². The molecule has 2 spiro atoms. The lowest BCUT2D eigenvalue weighted by atomic mass is 9.34. The molecule has 0 unspecified atom stereocenters. The lowest BCUT2D eigenvalue weighted by Gasteiger charge is -2.73. The Hall–Kier alpha value is -1.56. The number of hydrogen-bond acceptors (Lipinski definition) is 5. The summed E-state index contributed by atoms with van der Waals surface area (Å²) in [6.45, 7) is 2.29. The first-order chi connectivity index (χ1) is 15.1. The van der Waals surface area contributed by atoms with E-state index in [1.54, 1.807) is 7.11 Å². The largest absolute Gasteiger partial charge is 0.504 e. The first-order valence-corrected chi connectivity index (χ1v) is 12.3. The molecule has 5 nitrogen and oxygen atoms in total. The van der Waals surface area contributed by atoms with E-state index in [1.165, 1.54) is 30.5 Å².